The number of phosphoric ester groups is 2. The molecule has 4 aromatic rings. The van der Waals surface area contributed by atoms with Crippen LogP contribution >= 0.6 is 15.6 Å². The fourth-order valence-corrected chi connectivity index (χ4v) is 9.30. The first kappa shape index (κ1) is 47.4. The predicted octanol–water partition coefficient (Wildman–Crippen LogP) is 11.1. The fourth-order valence-electron chi connectivity index (χ4n) is 7.47. The molecule has 0 amide bonds. The van der Waals surface area contributed by atoms with Crippen LogP contribution in [0, 0.1) is 27.7 Å². The zero-order valence-electron chi connectivity index (χ0n) is 36.9. The van der Waals surface area contributed by atoms with Crippen molar-refractivity contribution in [3.05, 3.63) is 115 Å². The molecule has 0 fully saturated rings. The van der Waals surface area contributed by atoms with Gasteiger partial charge in [-0.2, -0.15) is 0 Å². The third kappa shape index (κ3) is 11.1. The molecule has 11 heteroatoms. The molecule has 0 N–H and O–H groups in total. The maximum atomic E-state index is 12.9. The van der Waals surface area contributed by atoms with Gasteiger partial charge in [0.1, 0.15) is 23.0 Å². The molecule has 0 radical (unpaired) electrons. The van der Waals surface area contributed by atoms with E-state index in [1.807, 2.05) is 76.2 Å². The Morgan fingerprint density at radius 3 is 0.737 bits per heavy atom. The van der Waals surface area contributed by atoms with Crippen LogP contribution in [0.5, 0.6) is 23.0 Å². The number of phosphoric acid groups is 2. The Balaban J connectivity index is 0.000000248. The van der Waals surface area contributed by atoms with Gasteiger partial charge in [-0.05, 0) is 71.6 Å². The molecular weight excluding hydrogens is 783 g/mol. The SMILES string of the molecule is Cc1cc2c(c(C(C)(C)C)c1)OP(=O)([O-])Oc1c(cc(C)cc1C(C)(C)C)C2.Cc1cc2c(c(C(C)(C)C)c1)OP(=O)([O-])Oc1c(cc(C)cc1C(C)(C)C)C2.[Ca+2]. The minimum absolute atomic E-state index is 0. The van der Waals surface area contributed by atoms with Gasteiger partial charge in [-0.3, -0.25) is 0 Å². The molecule has 304 valence electrons. The van der Waals surface area contributed by atoms with E-state index in [1.54, 1.807) is 0 Å². The van der Waals surface area contributed by atoms with E-state index < -0.39 is 15.6 Å². The second-order valence-corrected chi connectivity index (χ2v) is 22.3. The second-order valence-electron chi connectivity index (χ2n) is 19.8. The van der Waals surface area contributed by atoms with Crippen molar-refractivity contribution in [1.82, 2.24) is 0 Å². The van der Waals surface area contributed by atoms with E-state index in [1.165, 1.54) is 0 Å². The molecule has 8 nitrogen and oxygen atoms in total. The quantitative estimate of drug-likeness (QED) is 0.127. The van der Waals surface area contributed by atoms with E-state index in [4.69, 9.17) is 18.1 Å². The van der Waals surface area contributed by atoms with Crippen molar-refractivity contribution >= 4 is 53.4 Å². The van der Waals surface area contributed by atoms with Gasteiger partial charge in [-0.25, -0.2) is 9.13 Å². The Labute approximate surface area is 371 Å². The summed E-state index contributed by atoms with van der Waals surface area (Å²) in [5.41, 5.74) is 10.2. The van der Waals surface area contributed by atoms with E-state index in [2.05, 4.69) is 83.1 Å². The van der Waals surface area contributed by atoms with Crippen molar-refractivity contribution in [2.45, 2.75) is 145 Å². The van der Waals surface area contributed by atoms with Gasteiger partial charge in [0.05, 0.1) is 0 Å². The van der Waals surface area contributed by atoms with Crippen molar-refractivity contribution < 1.29 is 37.0 Å². The third-order valence-electron chi connectivity index (χ3n) is 10.0. The van der Waals surface area contributed by atoms with E-state index in [0.29, 0.717) is 35.8 Å². The topological polar surface area (TPSA) is 117 Å². The van der Waals surface area contributed by atoms with Gasteiger partial charge >= 0.3 is 53.4 Å². The molecule has 0 saturated heterocycles. The standard InChI is InChI=1S/2C23H31O4P.Ca/c2*1-14-9-16-13-17-10-15(2)12-19(23(6,7)8)21(17)27-28(24,25)26-20(16)18(11-14)22(3,4)5;/h2*9-12H,13H2,1-8H3,(H,24,25);/q;;+2/p-2. The summed E-state index contributed by atoms with van der Waals surface area (Å²) in [6.07, 6.45) is 1.11. The van der Waals surface area contributed by atoms with E-state index in [9.17, 15) is 18.9 Å². The molecule has 0 aliphatic carbocycles. The molecule has 0 aromatic heterocycles. The summed E-state index contributed by atoms with van der Waals surface area (Å²) < 4.78 is 48.0. The molecule has 0 bridgehead atoms. The van der Waals surface area contributed by atoms with Crippen LogP contribution < -0.4 is 27.9 Å². The summed E-state index contributed by atoms with van der Waals surface area (Å²) in [5, 5.41) is 0. The van der Waals surface area contributed by atoms with Crippen LogP contribution in [0.2, 0.25) is 0 Å². The Kier molecular flexibility index (Phi) is 13.6. The van der Waals surface area contributed by atoms with Crippen molar-refractivity contribution in [1.29, 1.82) is 0 Å². The van der Waals surface area contributed by atoms with Crippen molar-refractivity contribution in [3.8, 4) is 23.0 Å². The van der Waals surface area contributed by atoms with Gasteiger partial charge in [0.25, 0.3) is 0 Å². The van der Waals surface area contributed by atoms with Crippen LogP contribution in [0.1, 0.15) is 150 Å². The van der Waals surface area contributed by atoms with Gasteiger partial charge in [-0.1, -0.05) is 154 Å². The number of hydrogen-bond acceptors (Lipinski definition) is 8. The van der Waals surface area contributed by atoms with E-state index in [0.717, 1.165) is 66.8 Å². The van der Waals surface area contributed by atoms with Gasteiger partial charge < -0.3 is 27.9 Å². The van der Waals surface area contributed by atoms with Crippen LogP contribution in [0.15, 0.2) is 48.5 Å². The first-order valence-electron chi connectivity index (χ1n) is 19.3. The van der Waals surface area contributed by atoms with Crippen molar-refractivity contribution in [3.63, 3.8) is 0 Å². The molecule has 2 aliphatic heterocycles. The molecule has 0 unspecified atom stereocenters. The average molecular weight is 843 g/mol. The smallest absolute Gasteiger partial charge is 0.736 e. The molecule has 2 aliphatic rings. The number of benzene rings is 4. The molecule has 0 spiro atoms. The Hall–Kier alpha value is -2.28. The van der Waals surface area contributed by atoms with Crippen LogP contribution in [-0.2, 0) is 43.6 Å². The second kappa shape index (κ2) is 16.3. The van der Waals surface area contributed by atoms with Gasteiger partial charge in [0.2, 0.25) is 0 Å². The summed E-state index contributed by atoms with van der Waals surface area (Å²) in [6.45, 7) is 32.7. The van der Waals surface area contributed by atoms with Crippen LogP contribution in [-0.4, -0.2) is 37.7 Å². The van der Waals surface area contributed by atoms with Crippen molar-refractivity contribution in [2.24, 2.45) is 0 Å². The average Bonchev–Trinajstić information content (AvgIpc) is 2.98. The largest absolute Gasteiger partial charge is 2.00 e. The minimum Gasteiger partial charge on any atom is -0.736 e. The van der Waals surface area contributed by atoms with Crippen molar-refractivity contribution in [2.75, 3.05) is 0 Å². The molecule has 4 aromatic carbocycles. The predicted molar refractivity (Wildman–Crippen MR) is 229 cm³/mol. The first-order chi connectivity index (χ1) is 25.3. The van der Waals surface area contributed by atoms with Crippen LogP contribution in [0.3, 0.4) is 0 Å². The van der Waals surface area contributed by atoms with Gasteiger partial charge in [-0.15, -0.1) is 0 Å². The third-order valence-corrected chi connectivity index (χ3v) is 11.7. The van der Waals surface area contributed by atoms with Gasteiger partial charge in [0.15, 0.2) is 0 Å². The summed E-state index contributed by atoms with van der Waals surface area (Å²) >= 11 is 0. The van der Waals surface area contributed by atoms with E-state index in [-0.39, 0.29) is 59.4 Å². The van der Waals surface area contributed by atoms with Gasteiger partial charge in [0, 0.05) is 35.1 Å². The summed E-state index contributed by atoms with van der Waals surface area (Å²) in [4.78, 5) is 25.7. The summed E-state index contributed by atoms with van der Waals surface area (Å²) in [7, 11) is -9.19. The number of fused-ring (bicyclic) bond motifs is 4. The molecule has 2 heterocycles. The minimum atomic E-state index is -4.60. The fraction of sp³-hybridized carbons (Fsp3) is 0.478. The number of aryl methyl sites for hydroxylation is 4. The summed E-state index contributed by atoms with van der Waals surface area (Å²) in [6, 6.07) is 16.0. The Morgan fingerprint density at radius 2 is 0.579 bits per heavy atom. The first-order valence-corrected chi connectivity index (χ1v) is 22.2. The Bertz CT molecular complexity index is 1970. The molecule has 57 heavy (non-hydrogen) atoms. The van der Waals surface area contributed by atoms with Crippen LogP contribution in [0.4, 0.5) is 0 Å². The monoisotopic (exact) mass is 842 g/mol. The van der Waals surface area contributed by atoms with E-state index >= 15 is 0 Å². The zero-order chi connectivity index (χ0) is 42.1. The zero-order valence-corrected chi connectivity index (χ0v) is 40.9. The summed E-state index contributed by atoms with van der Waals surface area (Å²) in [5.74, 6) is 1.61. The molecule has 0 atom stereocenters. The molecular formula is C46H60CaO8P2. The molecule has 6 rings (SSSR count). The number of hydrogen-bond donors (Lipinski definition) is 0. The molecule has 0 saturated carbocycles. The number of rotatable bonds is 0. The maximum Gasteiger partial charge on any atom is 2.00 e. The maximum absolute atomic E-state index is 12.9. The van der Waals surface area contributed by atoms with Crippen LogP contribution in [0.25, 0.3) is 0 Å². The Morgan fingerprint density at radius 1 is 0.404 bits per heavy atom. The normalized spacial score (nSPS) is 15.9.